The van der Waals surface area contributed by atoms with Gasteiger partial charge >= 0.3 is 6.03 Å². The van der Waals surface area contributed by atoms with Gasteiger partial charge in [0.2, 0.25) is 0 Å². The molecule has 20 heavy (non-hydrogen) atoms. The van der Waals surface area contributed by atoms with Crippen LogP contribution in [-0.4, -0.2) is 43.9 Å². The maximum absolute atomic E-state index is 12.1. The minimum atomic E-state index is -3.10. The van der Waals surface area contributed by atoms with Crippen LogP contribution < -0.4 is 5.32 Å². The number of rotatable bonds is 5. The minimum absolute atomic E-state index is 0.0563. The number of hydrogen-bond donors (Lipinski definition) is 1. The lowest BCUT2D eigenvalue weighted by atomic mass is 10.3. The molecule has 0 atom stereocenters. The van der Waals surface area contributed by atoms with Crippen molar-refractivity contribution in [2.24, 2.45) is 0 Å². The highest BCUT2D eigenvalue weighted by atomic mass is 35.5. The monoisotopic (exact) mass is 318 g/mol. The Hall–Kier alpha value is -1.27. The molecule has 0 aliphatic rings. The van der Waals surface area contributed by atoms with Crippen molar-refractivity contribution in [1.82, 2.24) is 4.90 Å². The van der Waals surface area contributed by atoms with Gasteiger partial charge in [-0.2, -0.15) is 0 Å². The Labute approximate surface area is 124 Å². The molecule has 112 valence electrons. The number of nitrogens with zero attached hydrogens (tertiary/aromatic N) is 1. The first-order valence-electron chi connectivity index (χ1n) is 6.20. The molecule has 0 bridgehead atoms. The van der Waals surface area contributed by atoms with Crippen LogP contribution in [0.2, 0.25) is 5.02 Å². The number of nitrogens with one attached hydrogen (secondary N) is 1. The van der Waals surface area contributed by atoms with Crippen molar-refractivity contribution >= 4 is 33.2 Å². The Bertz CT molecular complexity index is 555. The first-order valence-corrected chi connectivity index (χ1v) is 8.64. The average molecular weight is 319 g/mol. The standard InChI is InChI=1S/C13H19ClN2O3S/c1-10(2)16(8-9-20(3,18)19)13(17)15-12-6-4-11(14)5-7-12/h4-7,10H,8-9H2,1-3H3,(H,15,17). The zero-order valence-electron chi connectivity index (χ0n) is 11.8. The zero-order valence-corrected chi connectivity index (χ0v) is 13.3. The first kappa shape index (κ1) is 16.8. The van der Waals surface area contributed by atoms with E-state index in [4.69, 9.17) is 11.6 Å². The summed E-state index contributed by atoms with van der Waals surface area (Å²) in [5, 5.41) is 3.30. The van der Waals surface area contributed by atoms with Gasteiger partial charge in [-0.1, -0.05) is 11.6 Å². The van der Waals surface area contributed by atoms with Gasteiger partial charge in [0, 0.05) is 29.6 Å². The van der Waals surface area contributed by atoms with Crippen LogP contribution in [0.25, 0.3) is 0 Å². The van der Waals surface area contributed by atoms with E-state index in [1.165, 1.54) is 4.90 Å². The van der Waals surface area contributed by atoms with E-state index in [1.807, 2.05) is 13.8 Å². The van der Waals surface area contributed by atoms with Gasteiger partial charge in [0.05, 0.1) is 5.75 Å². The lowest BCUT2D eigenvalue weighted by molar-refractivity contribution is 0.201. The average Bonchev–Trinajstić information content (AvgIpc) is 2.30. The molecule has 1 N–H and O–H groups in total. The van der Waals surface area contributed by atoms with Crippen molar-refractivity contribution in [3.05, 3.63) is 29.3 Å². The number of carbonyl (C=O) groups is 1. The Morgan fingerprint density at radius 3 is 2.30 bits per heavy atom. The van der Waals surface area contributed by atoms with E-state index < -0.39 is 9.84 Å². The molecule has 0 aliphatic heterocycles. The van der Waals surface area contributed by atoms with Crippen molar-refractivity contribution in [1.29, 1.82) is 0 Å². The summed E-state index contributed by atoms with van der Waals surface area (Å²) in [5.41, 5.74) is 0.615. The van der Waals surface area contributed by atoms with Crippen molar-refractivity contribution in [3.63, 3.8) is 0 Å². The molecule has 5 nitrogen and oxygen atoms in total. The van der Waals surface area contributed by atoms with E-state index in [-0.39, 0.29) is 24.4 Å². The third-order valence-corrected chi connectivity index (χ3v) is 3.86. The SMILES string of the molecule is CC(C)N(CCS(C)(=O)=O)C(=O)Nc1ccc(Cl)cc1. The second-order valence-corrected chi connectivity index (χ2v) is 7.55. The number of hydrogen-bond acceptors (Lipinski definition) is 3. The molecule has 0 heterocycles. The van der Waals surface area contributed by atoms with Crippen molar-refractivity contribution in [2.45, 2.75) is 19.9 Å². The predicted octanol–water partition coefficient (Wildman–Crippen LogP) is 2.63. The number of benzene rings is 1. The van der Waals surface area contributed by atoms with Crippen molar-refractivity contribution in [2.75, 3.05) is 23.9 Å². The van der Waals surface area contributed by atoms with E-state index in [2.05, 4.69) is 5.32 Å². The minimum Gasteiger partial charge on any atom is -0.321 e. The van der Waals surface area contributed by atoms with Crippen LogP contribution >= 0.6 is 11.6 Å². The van der Waals surface area contributed by atoms with Gasteiger partial charge in [-0.3, -0.25) is 0 Å². The molecule has 0 aromatic heterocycles. The molecule has 0 spiro atoms. The Balaban J connectivity index is 2.71. The van der Waals surface area contributed by atoms with Crippen LogP contribution in [-0.2, 0) is 9.84 Å². The van der Waals surface area contributed by atoms with Gasteiger partial charge in [0.15, 0.2) is 0 Å². The number of amides is 2. The van der Waals surface area contributed by atoms with Gasteiger partial charge in [-0.25, -0.2) is 13.2 Å². The molecular weight excluding hydrogens is 300 g/mol. The molecule has 2 amide bonds. The summed E-state index contributed by atoms with van der Waals surface area (Å²) in [6.45, 7) is 3.84. The summed E-state index contributed by atoms with van der Waals surface area (Å²) in [6.07, 6.45) is 1.16. The number of sulfone groups is 1. The van der Waals surface area contributed by atoms with Gasteiger partial charge in [-0.05, 0) is 38.1 Å². The second-order valence-electron chi connectivity index (χ2n) is 4.85. The lowest BCUT2D eigenvalue weighted by Gasteiger charge is -2.26. The van der Waals surface area contributed by atoms with Crippen molar-refractivity contribution < 1.29 is 13.2 Å². The molecule has 1 aromatic rings. The number of anilines is 1. The van der Waals surface area contributed by atoms with E-state index in [0.29, 0.717) is 10.7 Å². The zero-order chi connectivity index (χ0) is 15.3. The molecule has 0 aliphatic carbocycles. The predicted molar refractivity (Wildman–Crippen MR) is 82.0 cm³/mol. The molecule has 0 fully saturated rings. The normalized spacial score (nSPS) is 11.4. The summed E-state index contributed by atoms with van der Waals surface area (Å²) >= 11 is 5.77. The second kappa shape index (κ2) is 6.95. The van der Waals surface area contributed by atoms with Crippen LogP contribution in [0.3, 0.4) is 0 Å². The summed E-state index contributed by atoms with van der Waals surface area (Å²) in [6, 6.07) is 6.31. The third kappa shape index (κ3) is 5.79. The molecule has 0 radical (unpaired) electrons. The maximum Gasteiger partial charge on any atom is 0.322 e. The molecule has 1 aromatic carbocycles. The fourth-order valence-electron chi connectivity index (χ4n) is 1.59. The van der Waals surface area contributed by atoms with Crippen LogP contribution in [0.5, 0.6) is 0 Å². The summed E-state index contributed by atoms with van der Waals surface area (Å²) in [7, 11) is -3.10. The summed E-state index contributed by atoms with van der Waals surface area (Å²) < 4.78 is 22.4. The quantitative estimate of drug-likeness (QED) is 0.907. The summed E-state index contributed by atoms with van der Waals surface area (Å²) in [5.74, 6) is -0.0563. The van der Waals surface area contributed by atoms with E-state index in [0.717, 1.165) is 6.26 Å². The third-order valence-electron chi connectivity index (χ3n) is 2.68. The van der Waals surface area contributed by atoms with E-state index in [1.54, 1.807) is 24.3 Å². The maximum atomic E-state index is 12.1. The number of carbonyl (C=O) groups excluding carboxylic acids is 1. The fourth-order valence-corrected chi connectivity index (χ4v) is 2.24. The Morgan fingerprint density at radius 1 is 1.30 bits per heavy atom. The number of halogens is 1. The lowest BCUT2D eigenvalue weighted by Crippen LogP contribution is -2.42. The number of urea groups is 1. The first-order chi connectivity index (χ1) is 9.19. The van der Waals surface area contributed by atoms with Crippen LogP contribution in [0.15, 0.2) is 24.3 Å². The molecule has 0 saturated carbocycles. The fraction of sp³-hybridized carbons (Fsp3) is 0.462. The van der Waals surface area contributed by atoms with Crippen LogP contribution in [0.4, 0.5) is 10.5 Å². The highest BCUT2D eigenvalue weighted by Gasteiger charge is 2.18. The molecule has 1 rings (SSSR count). The smallest absolute Gasteiger partial charge is 0.321 e. The van der Waals surface area contributed by atoms with Gasteiger partial charge < -0.3 is 10.2 Å². The van der Waals surface area contributed by atoms with Gasteiger partial charge in [-0.15, -0.1) is 0 Å². The molecular formula is C13H19ClN2O3S. The van der Waals surface area contributed by atoms with E-state index in [9.17, 15) is 13.2 Å². The van der Waals surface area contributed by atoms with Crippen molar-refractivity contribution in [3.8, 4) is 0 Å². The van der Waals surface area contributed by atoms with Crippen LogP contribution in [0, 0.1) is 0 Å². The highest BCUT2D eigenvalue weighted by molar-refractivity contribution is 7.90. The molecule has 7 heteroatoms. The largest absolute Gasteiger partial charge is 0.322 e. The molecule has 0 unspecified atom stereocenters. The Kier molecular flexibility index (Phi) is 5.83. The van der Waals surface area contributed by atoms with Crippen LogP contribution in [0.1, 0.15) is 13.8 Å². The highest BCUT2D eigenvalue weighted by Crippen LogP contribution is 2.14. The Morgan fingerprint density at radius 2 is 1.85 bits per heavy atom. The van der Waals surface area contributed by atoms with Gasteiger partial charge in [0.25, 0.3) is 0 Å². The molecule has 0 saturated heterocycles. The summed E-state index contributed by atoms with van der Waals surface area (Å²) in [4.78, 5) is 13.6. The van der Waals surface area contributed by atoms with Gasteiger partial charge in [0.1, 0.15) is 9.84 Å². The topological polar surface area (TPSA) is 66.5 Å². The van der Waals surface area contributed by atoms with E-state index >= 15 is 0 Å².